The Hall–Kier alpha value is -1.49. The van der Waals surface area contributed by atoms with E-state index in [-0.39, 0.29) is 35.2 Å². The number of thioether (sulfide) groups is 1. The van der Waals surface area contributed by atoms with Crippen LogP contribution in [0.2, 0.25) is 30.7 Å². The number of halogens is 4. The van der Waals surface area contributed by atoms with E-state index in [0.717, 1.165) is 23.6 Å². The highest BCUT2D eigenvalue weighted by Crippen LogP contribution is 2.51. The van der Waals surface area contributed by atoms with E-state index < -0.39 is 33.5 Å². The highest BCUT2D eigenvalue weighted by Gasteiger charge is 2.33. The smallest absolute Gasteiger partial charge is 0.403 e. The number of benzene rings is 2. The second-order valence-electron chi connectivity index (χ2n) is 9.75. The Balaban J connectivity index is 2.30. The number of amides is 1. The maximum Gasteiger partial charge on any atom is 0.530 e. The molecule has 1 atom stereocenters. The summed E-state index contributed by atoms with van der Waals surface area (Å²) in [6.45, 7) is 10.2. The van der Waals surface area contributed by atoms with E-state index in [4.69, 9.17) is 25.2 Å². The van der Waals surface area contributed by atoms with Gasteiger partial charge in [0.15, 0.2) is 0 Å². The Morgan fingerprint density at radius 1 is 1.11 bits per heavy atom. The Morgan fingerprint density at radius 2 is 1.79 bits per heavy atom. The molecule has 0 heterocycles. The van der Waals surface area contributed by atoms with Gasteiger partial charge < -0.3 is 9.84 Å². The van der Waals surface area contributed by atoms with Crippen LogP contribution in [0.4, 0.5) is 18.9 Å². The predicted octanol–water partition coefficient (Wildman–Crippen LogP) is 8.92. The molecule has 0 aliphatic heterocycles. The molecule has 212 valence electrons. The van der Waals surface area contributed by atoms with E-state index >= 15 is 0 Å². The molecular formula is C25H34ClF3NO5PSSi. The Kier molecular flexibility index (Phi) is 12.3. The van der Waals surface area contributed by atoms with Crippen LogP contribution in [0.3, 0.4) is 0 Å². The van der Waals surface area contributed by atoms with E-state index in [1.807, 2.05) is 6.92 Å². The Labute approximate surface area is 232 Å². The van der Waals surface area contributed by atoms with Gasteiger partial charge in [0.1, 0.15) is 5.75 Å². The Bertz CT molecular complexity index is 1150. The first-order valence-corrected chi connectivity index (χ1v) is 18.8. The van der Waals surface area contributed by atoms with E-state index in [0.29, 0.717) is 18.0 Å². The summed E-state index contributed by atoms with van der Waals surface area (Å²) in [4.78, 5) is 13.1. The molecule has 0 spiro atoms. The third kappa shape index (κ3) is 11.3. The summed E-state index contributed by atoms with van der Waals surface area (Å²) in [7, 11) is -5.66. The van der Waals surface area contributed by atoms with Crippen LogP contribution in [0, 0.1) is 6.92 Å². The quantitative estimate of drug-likeness (QED) is 0.131. The summed E-state index contributed by atoms with van der Waals surface area (Å²) in [5, 5.41) is 2.62. The molecule has 1 amide bonds. The maximum atomic E-state index is 13.6. The average molecular weight is 612 g/mol. The van der Waals surface area contributed by atoms with Gasteiger partial charge in [0.05, 0.1) is 24.3 Å². The van der Waals surface area contributed by atoms with Crippen LogP contribution in [-0.4, -0.2) is 38.7 Å². The minimum Gasteiger partial charge on any atom is -0.403 e. The second-order valence-corrected chi connectivity index (χ2v) is 18.8. The lowest BCUT2D eigenvalue weighted by Crippen LogP contribution is -2.22. The molecule has 0 radical (unpaired) electrons. The van der Waals surface area contributed by atoms with Gasteiger partial charge in [0.25, 0.3) is 5.91 Å². The molecule has 0 bridgehead atoms. The van der Waals surface area contributed by atoms with Gasteiger partial charge in [0, 0.05) is 18.8 Å². The number of carbonyl (C=O) groups excluding carboxylic acids is 1. The van der Waals surface area contributed by atoms with Gasteiger partial charge in [-0.15, -0.1) is 0 Å². The molecule has 1 unspecified atom stereocenters. The first kappa shape index (κ1) is 32.7. The zero-order chi connectivity index (χ0) is 28.6. The van der Waals surface area contributed by atoms with Crippen molar-refractivity contribution in [2.24, 2.45) is 0 Å². The van der Waals surface area contributed by atoms with E-state index in [9.17, 15) is 22.5 Å². The molecule has 0 fully saturated rings. The highest BCUT2D eigenvalue weighted by molar-refractivity contribution is 7.99. The number of anilines is 1. The van der Waals surface area contributed by atoms with Crippen LogP contribution in [0.25, 0.3) is 0 Å². The standard InChI is InChI=1S/C25H34ClF3NO5PSSi/c1-6-37-12-7-10-33-36(32,34-11-13-38(3,4)5)35-23-9-8-20(26)17-22(23)24(31)30-21-15-18(2)14-19(16-21)25(27,28)29/h8-9,14-17H,6-7,10-13H2,1-5H3,(H,30,31). The molecule has 13 heteroatoms. The number of hydrogen-bond donors (Lipinski definition) is 1. The first-order chi connectivity index (χ1) is 17.6. The van der Waals surface area contributed by atoms with E-state index in [2.05, 4.69) is 25.0 Å². The molecule has 2 rings (SSSR count). The van der Waals surface area contributed by atoms with Gasteiger partial charge in [-0.3, -0.25) is 13.8 Å². The number of nitrogens with one attached hydrogen (secondary N) is 1. The lowest BCUT2D eigenvalue weighted by atomic mass is 10.1. The van der Waals surface area contributed by atoms with Crippen molar-refractivity contribution in [1.29, 1.82) is 0 Å². The zero-order valence-corrected chi connectivity index (χ0v) is 25.6. The number of aryl methyl sites for hydroxylation is 1. The zero-order valence-electron chi connectivity index (χ0n) is 22.1. The van der Waals surface area contributed by atoms with Crippen LogP contribution in [0.15, 0.2) is 36.4 Å². The van der Waals surface area contributed by atoms with Gasteiger partial charge in [0.2, 0.25) is 0 Å². The van der Waals surface area contributed by atoms with Crippen molar-refractivity contribution in [2.45, 2.75) is 52.1 Å². The SMILES string of the molecule is CCSCCCOP(=O)(OCC[Si](C)(C)C)Oc1ccc(Cl)cc1C(=O)Nc1cc(C)cc(C(F)(F)F)c1. The van der Waals surface area contributed by atoms with Crippen LogP contribution in [0.5, 0.6) is 5.75 Å². The summed E-state index contributed by atoms with van der Waals surface area (Å²) in [6.07, 6.45) is -3.96. The third-order valence-corrected chi connectivity index (χ3v) is 9.39. The molecule has 0 saturated heterocycles. The second kappa shape index (κ2) is 14.2. The van der Waals surface area contributed by atoms with Gasteiger partial charge in [-0.2, -0.15) is 24.9 Å². The maximum absolute atomic E-state index is 13.6. The Morgan fingerprint density at radius 3 is 2.42 bits per heavy atom. The van der Waals surface area contributed by atoms with Crippen LogP contribution in [0.1, 0.15) is 34.8 Å². The van der Waals surface area contributed by atoms with Crippen LogP contribution in [-0.2, 0) is 19.8 Å². The summed E-state index contributed by atoms with van der Waals surface area (Å²) in [5.41, 5.74) is -0.780. The van der Waals surface area contributed by atoms with Crippen molar-refractivity contribution in [1.82, 2.24) is 0 Å². The topological polar surface area (TPSA) is 73.9 Å². The first-order valence-electron chi connectivity index (χ1n) is 12.1. The molecule has 0 aliphatic rings. The van der Waals surface area contributed by atoms with Gasteiger partial charge >= 0.3 is 14.0 Å². The predicted molar refractivity (Wildman–Crippen MR) is 151 cm³/mol. The molecule has 1 N–H and O–H groups in total. The lowest BCUT2D eigenvalue weighted by molar-refractivity contribution is -0.137. The molecule has 0 aliphatic carbocycles. The summed E-state index contributed by atoms with van der Waals surface area (Å²) >= 11 is 7.81. The fourth-order valence-corrected chi connectivity index (χ4v) is 6.05. The molecule has 2 aromatic rings. The fraction of sp³-hybridized carbons (Fsp3) is 0.480. The van der Waals surface area contributed by atoms with Gasteiger partial charge in [-0.1, -0.05) is 38.2 Å². The average Bonchev–Trinajstić information content (AvgIpc) is 2.78. The highest BCUT2D eigenvalue weighted by atomic mass is 35.5. The molecule has 6 nitrogen and oxygen atoms in total. The monoisotopic (exact) mass is 611 g/mol. The lowest BCUT2D eigenvalue weighted by Gasteiger charge is -2.22. The third-order valence-electron chi connectivity index (χ3n) is 5.05. The van der Waals surface area contributed by atoms with Crippen molar-refractivity contribution in [3.8, 4) is 5.75 Å². The van der Waals surface area contributed by atoms with Crippen molar-refractivity contribution in [2.75, 3.05) is 30.0 Å². The minimum absolute atomic E-state index is 0.0625. The van der Waals surface area contributed by atoms with Crippen LogP contribution >= 0.6 is 31.2 Å². The molecule has 38 heavy (non-hydrogen) atoms. The number of alkyl halides is 3. The van der Waals surface area contributed by atoms with E-state index in [1.165, 1.54) is 31.2 Å². The summed E-state index contributed by atoms with van der Waals surface area (Å²) in [6, 6.07) is 7.98. The number of phosphoric acid groups is 1. The number of phosphoric ester groups is 1. The summed E-state index contributed by atoms with van der Waals surface area (Å²) in [5.74, 6) is 0.815. The number of hydrogen-bond acceptors (Lipinski definition) is 6. The van der Waals surface area contributed by atoms with Crippen molar-refractivity contribution < 1.29 is 36.1 Å². The van der Waals surface area contributed by atoms with Gasteiger partial charge in [-0.05, 0) is 72.9 Å². The number of rotatable bonds is 14. The molecule has 0 saturated carbocycles. The summed E-state index contributed by atoms with van der Waals surface area (Å²) < 4.78 is 70.2. The van der Waals surface area contributed by atoms with Crippen molar-refractivity contribution in [3.05, 3.63) is 58.1 Å². The fourth-order valence-electron chi connectivity index (χ4n) is 3.13. The van der Waals surface area contributed by atoms with Crippen molar-refractivity contribution in [3.63, 3.8) is 0 Å². The molecular weight excluding hydrogens is 578 g/mol. The minimum atomic E-state index is -4.58. The van der Waals surface area contributed by atoms with Gasteiger partial charge in [-0.25, -0.2) is 4.57 Å². The van der Waals surface area contributed by atoms with Crippen molar-refractivity contribution >= 4 is 50.9 Å². The normalized spacial score (nSPS) is 13.7. The number of carbonyl (C=O) groups is 1. The largest absolute Gasteiger partial charge is 0.530 e. The van der Waals surface area contributed by atoms with Crippen LogP contribution < -0.4 is 9.84 Å². The molecule has 2 aromatic carbocycles. The van der Waals surface area contributed by atoms with E-state index in [1.54, 1.807) is 11.8 Å². The molecule has 0 aromatic heterocycles.